The molecule has 0 bridgehead atoms. The molecule has 0 aromatic heterocycles. The molecule has 1 aliphatic rings. The lowest BCUT2D eigenvalue weighted by Gasteiger charge is -2.33. The summed E-state index contributed by atoms with van der Waals surface area (Å²) in [6.07, 6.45) is 1.25. The van der Waals surface area contributed by atoms with Crippen LogP contribution in [0.15, 0.2) is 59.5 Å². The summed E-state index contributed by atoms with van der Waals surface area (Å²) < 4.78 is 33.7. The maximum atomic E-state index is 13.4. The van der Waals surface area contributed by atoms with E-state index in [1.165, 1.54) is 12.1 Å². The first kappa shape index (κ1) is 23.9. The molecule has 2 aromatic rings. The van der Waals surface area contributed by atoms with E-state index in [1.54, 1.807) is 24.0 Å². The standard InChI is InChI=1S/C24H30N2O5S/c1-3-31-24(28)20-13-15-26(16-14-20)23(27)22(17-19-7-5-4-6-8-19)25-32(29,30)21-11-9-18(2)10-12-21/h4-12,20,22,25H,3,13-17H2,1-2H3/t22-/m0/s1. The molecule has 1 aliphatic heterocycles. The molecule has 1 fully saturated rings. The molecule has 1 heterocycles. The molecule has 172 valence electrons. The number of amides is 1. The Morgan fingerprint density at radius 1 is 1.06 bits per heavy atom. The number of rotatable bonds is 8. The number of hydrogen-bond acceptors (Lipinski definition) is 5. The molecule has 0 radical (unpaired) electrons. The summed E-state index contributed by atoms with van der Waals surface area (Å²) in [4.78, 5) is 27.1. The van der Waals surface area contributed by atoms with Gasteiger partial charge >= 0.3 is 5.97 Å². The minimum Gasteiger partial charge on any atom is -0.466 e. The number of sulfonamides is 1. The van der Waals surface area contributed by atoms with E-state index in [1.807, 2.05) is 37.3 Å². The van der Waals surface area contributed by atoms with Crippen LogP contribution >= 0.6 is 0 Å². The number of benzene rings is 2. The molecular formula is C24H30N2O5S. The number of ether oxygens (including phenoxy) is 1. The van der Waals surface area contributed by atoms with Gasteiger partial charge in [0.15, 0.2) is 0 Å². The van der Waals surface area contributed by atoms with Gasteiger partial charge < -0.3 is 9.64 Å². The van der Waals surface area contributed by atoms with Crippen molar-refractivity contribution in [3.63, 3.8) is 0 Å². The van der Waals surface area contributed by atoms with Crippen molar-refractivity contribution in [2.45, 2.75) is 44.0 Å². The van der Waals surface area contributed by atoms with Crippen molar-refractivity contribution < 1.29 is 22.7 Å². The summed E-state index contributed by atoms with van der Waals surface area (Å²) in [5.74, 6) is -0.747. The predicted octanol–water partition coefficient (Wildman–Crippen LogP) is 2.69. The van der Waals surface area contributed by atoms with Crippen LogP contribution in [0.4, 0.5) is 0 Å². The lowest BCUT2D eigenvalue weighted by molar-refractivity contribution is -0.151. The molecule has 2 aromatic carbocycles. The molecular weight excluding hydrogens is 428 g/mol. The number of nitrogens with zero attached hydrogens (tertiary/aromatic N) is 1. The Balaban J connectivity index is 1.76. The number of aryl methyl sites for hydroxylation is 1. The van der Waals surface area contributed by atoms with Gasteiger partial charge in [-0.15, -0.1) is 0 Å². The van der Waals surface area contributed by atoms with Crippen LogP contribution in [0.1, 0.15) is 30.9 Å². The third-order valence-electron chi connectivity index (χ3n) is 5.64. The van der Waals surface area contributed by atoms with Gasteiger partial charge in [-0.05, 0) is 50.8 Å². The third kappa shape index (κ3) is 6.17. The zero-order valence-electron chi connectivity index (χ0n) is 18.5. The van der Waals surface area contributed by atoms with E-state index in [0.29, 0.717) is 32.5 Å². The van der Waals surface area contributed by atoms with Crippen LogP contribution in [0.5, 0.6) is 0 Å². The van der Waals surface area contributed by atoms with Crippen LogP contribution < -0.4 is 4.72 Å². The SMILES string of the molecule is CCOC(=O)C1CCN(C(=O)[C@H](Cc2ccccc2)NS(=O)(=O)c2ccc(C)cc2)CC1. The first-order valence-electron chi connectivity index (χ1n) is 10.9. The number of carbonyl (C=O) groups excluding carboxylic acids is 2. The largest absolute Gasteiger partial charge is 0.466 e. The van der Waals surface area contributed by atoms with Crippen molar-refractivity contribution >= 4 is 21.9 Å². The highest BCUT2D eigenvalue weighted by molar-refractivity contribution is 7.89. The molecule has 1 saturated heterocycles. The normalized spacial score (nSPS) is 15.9. The van der Waals surface area contributed by atoms with E-state index in [2.05, 4.69) is 4.72 Å². The average molecular weight is 459 g/mol. The van der Waals surface area contributed by atoms with Crippen molar-refractivity contribution in [3.8, 4) is 0 Å². The van der Waals surface area contributed by atoms with Gasteiger partial charge in [-0.25, -0.2) is 8.42 Å². The van der Waals surface area contributed by atoms with E-state index < -0.39 is 16.1 Å². The lowest BCUT2D eigenvalue weighted by atomic mass is 9.96. The van der Waals surface area contributed by atoms with Crippen molar-refractivity contribution in [2.24, 2.45) is 5.92 Å². The number of esters is 1. The van der Waals surface area contributed by atoms with E-state index in [9.17, 15) is 18.0 Å². The van der Waals surface area contributed by atoms with Crippen molar-refractivity contribution in [2.75, 3.05) is 19.7 Å². The molecule has 0 aliphatic carbocycles. The van der Waals surface area contributed by atoms with Crippen molar-refractivity contribution in [1.29, 1.82) is 0 Å². The van der Waals surface area contributed by atoms with E-state index in [4.69, 9.17) is 4.74 Å². The van der Waals surface area contributed by atoms with Crippen LogP contribution in [-0.2, 0) is 30.8 Å². The Bertz CT molecular complexity index is 1010. The highest BCUT2D eigenvalue weighted by Gasteiger charge is 2.33. The molecule has 0 saturated carbocycles. The Morgan fingerprint density at radius 3 is 2.28 bits per heavy atom. The zero-order valence-corrected chi connectivity index (χ0v) is 19.3. The van der Waals surface area contributed by atoms with Gasteiger partial charge in [-0.3, -0.25) is 9.59 Å². The maximum Gasteiger partial charge on any atom is 0.309 e. The first-order chi connectivity index (χ1) is 15.3. The fourth-order valence-electron chi connectivity index (χ4n) is 3.82. The second-order valence-corrected chi connectivity index (χ2v) is 9.74. The Morgan fingerprint density at radius 2 is 1.69 bits per heavy atom. The Labute approximate surface area is 189 Å². The summed E-state index contributed by atoms with van der Waals surface area (Å²) in [5.41, 5.74) is 1.81. The highest BCUT2D eigenvalue weighted by atomic mass is 32.2. The second-order valence-electron chi connectivity index (χ2n) is 8.03. The number of piperidine rings is 1. The van der Waals surface area contributed by atoms with E-state index in [-0.39, 0.29) is 29.1 Å². The van der Waals surface area contributed by atoms with Crippen molar-refractivity contribution in [1.82, 2.24) is 9.62 Å². The average Bonchev–Trinajstić information content (AvgIpc) is 2.79. The number of hydrogen-bond donors (Lipinski definition) is 1. The second kappa shape index (κ2) is 10.7. The Kier molecular flexibility index (Phi) is 8.04. The molecule has 1 N–H and O–H groups in total. The van der Waals surface area contributed by atoms with Gasteiger partial charge in [-0.2, -0.15) is 4.72 Å². The Hall–Kier alpha value is -2.71. The quantitative estimate of drug-likeness (QED) is 0.614. The zero-order chi connectivity index (χ0) is 23.1. The van der Waals surface area contributed by atoms with Gasteiger partial charge in [0, 0.05) is 13.1 Å². The van der Waals surface area contributed by atoms with Crippen LogP contribution in [0.3, 0.4) is 0 Å². The van der Waals surface area contributed by atoms with Crippen LogP contribution in [0.2, 0.25) is 0 Å². The van der Waals surface area contributed by atoms with Gasteiger partial charge in [0.1, 0.15) is 6.04 Å². The van der Waals surface area contributed by atoms with Crippen molar-refractivity contribution in [3.05, 3.63) is 65.7 Å². The number of carbonyl (C=O) groups is 2. The number of nitrogens with one attached hydrogen (secondary N) is 1. The smallest absolute Gasteiger partial charge is 0.309 e. The van der Waals surface area contributed by atoms with Crippen LogP contribution in [0, 0.1) is 12.8 Å². The molecule has 32 heavy (non-hydrogen) atoms. The number of likely N-dealkylation sites (tertiary alicyclic amines) is 1. The minimum atomic E-state index is -3.88. The molecule has 0 unspecified atom stereocenters. The van der Waals surface area contributed by atoms with Crippen LogP contribution in [0.25, 0.3) is 0 Å². The predicted molar refractivity (Wildman–Crippen MR) is 121 cm³/mol. The molecule has 8 heteroatoms. The maximum absolute atomic E-state index is 13.4. The first-order valence-corrected chi connectivity index (χ1v) is 12.4. The van der Waals surface area contributed by atoms with Gasteiger partial charge in [0.05, 0.1) is 17.4 Å². The van der Waals surface area contributed by atoms with Gasteiger partial charge in [0.25, 0.3) is 0 Å². The molecule has 0 spiro atoms. The fourth-order valence-corrected chi connectivity index (χ4v) is 5.01. The lowest BCUT2D eigenvalue weighted by Crippen LogP contribution is -2.52. The molecule has 1 amide bonds. The van der Waals surface area contributed by atoms with Gasteiger partial charge in [-0.1, -0.05) is 48.0 Å². The summed E-state index contributed by atoms with van der Waals surface area (Å²) in [6.45, 7) is 4.76. The summed E-state index contributed by atoms with van der Waals surface area (Å²) in [6, 6.07) is 14.9. The van der Waals surface area contributed by atoms with Gasteiger partial charge in [0.2, 0.25) is 15.9 Å². The molecule has 7 nitrogen and oxygen atoms in total. The molecule has 1 atom stereocenters. The fraction of sp³-hybridized carbons (Fsp3) is 0.417. The third-order valence-corrected chi connectivity index (χ3v) is 7.12. The summed E-state index contributed by atoms with van der Waals surface area (Å²) in [7, 11) is -3.88. The highest BCUT2D eigenvalue weighted by Crippen LogP contribution is 2.21. The van der Waals surface area contributed by atoms with E-state index in [0.717, 1.165) is 11.1 Å². The monoisotopic (exact) mass is 458 g/mol. The summed E-state index contributed by atoms with van der Waals surface area (Å²) in [5, 5.41) is 0. The van der Waals surface area contributed by atoms with E-state index >= 15 is 0 Å². The van der Waals surface area contributed by atoms with Crippen LogP contribution in [-0.4, -0.2) is 50.9 Å². The molecule has 3 rings (SSSR count). The summed E-state index contributed by atoms with van der Waals surface area (Å²) >= 11 is 0. The topological polar surface area (TPSA) is 92.8 Å². The minimum absolute atomic E-state index is 0.120.